The van der Waals surface area contributed by atoms with E-state index in [1.54, 1.807) is 13.0 Å². The van der Waals surface area contributed by atoms with Crippen molar-refractivity contribution in [1.29, 1.82) is 0 Å². The fourth-order valence-electron chi connectivity index (χ4n) is 2.42. The van der Waals surface area contributed by atoms with Crippen LogP contribution in [0.25, 0.3) is 0 Å². The molecule has 8 nitrogen and oxygen atoms in total. The van der Waals surface area contributed by atoms with E-state index in [-0.39, 0.29) is 12.5 Å². The molecule has 0 saturated heterocycles. The third kappa shape index (κ3) is 5.94. The molecule has 26 heavy (non-hydrogen) atoms. The summed E-state index contributed by atoms with van der Waals surface area (Å²) >= 11 is 0. The van der Waals surface area contributed by atoms with Crippen molar-refractivity contribution in [3.8, 4) is 11.5 Å². The summed E-state index contributed by atoms with van der Waals surface area (Å²) in [5.74, 6) is -1.12. The first-order chi connectivity index (χ1) is 12.2. The summed E-state index contributed by atoms with van der Waals surface area (Å²) < 4.78 is 10.3. The van der Waals surface area contributed by atoms with E-state index in [2.05, 4.69) is 10.6 Å². The Bertz CT molecular complexity index is 672. The first-order valence-corrected chi connectivity index (χ1v) is 8.22. The zero-order valence-corrected chi connectivity index (χ0v) is 15.7. The Morgan fingerprint density at radius 1 is 1.12 bits per heavy atom. The van der Waals surface area contributed by atoms with Gasteiger partial charge in [0.1, 0.15) is 6.04 Å². The number of hydrogen-bond donors (Lipinski definition) is 3. The predicted octanol–water partition coefficient (Wildman–Crippen LogP) is 1.36. The van der Waals surface area contributed by atoms with Gasteiger partial charge in [-0.2, -0.15) is 0 Å². The van der Waals surface area contributed by atoms with Gasteiger partial charge in [0, 0.05) is 5.56 Å². The lowest BCUT2D eigenvalue weighted by Crippen LogP contribution is -2.46. The fourth-order valence-corrected chi connectivity index (χ4v) is 2.42. The smallest absolute Gasteiger partial charge is 0.326 e. The summed E-state index contributed by atoms with van der Waals surface area (Å²) in [4.78, 5) is 35.5. The lowest BCUT2D eigenvalue weighted by molar-refractivity contribution is -0.142. The second-order valence-electron chi connectivity index (χ2n) is 6.29. The fraction of sp³-hybridized carbons (Fsp3) is 0.500. The molecule has 1 rings (SSSR count). The number of carbonyl (C=O) groups excluding carboxylic acids is 2. The van der Waals surface area contributed by atoms with Gasteiger partial charge in [0.15, 0.2) is 11.5 Å². The quantitative estimate of drug-likeness (QED) is 0.608. The summed E-state index contributed by atoms with van der Waals surface area (Å²) in [6, 6.07) is 2.21. The third-order valence-electron chi connectivity index (χ3n) is 3.73. The Balaban J connectivity index is 2.74. The van der Waals surface area contributed by atoms with E-state index >= 15 is 0 Å². The van der Waals surface area contributed by atoms with Crippen molar-refractivity contribution < 1.29 is 29.0 Å². The highest BCUT2D eigenvalue weighted by Crippen LogP contribution is 2.30. The van der Waals surface area contributed by atoms with Crippen molar-refractivity contribution in [2.24, 2.45) is 5.92 Å². The summed E-state index contributed by atoms with van der Waals surface area (Å²) in [6.07, 6.45) is 0.309. The molecule has 3 N–H and O–H groups in total. The van der Waals surface area contributed by atoms with Crippen molar-refractivity contribution in [2.45, 2.75) is 33.2 Å². The average molecular weight is 366 g/mol. The number of carbonyl (C=O) groups is 3. The molecule has 0 unspecified atom stereocenters. The molecule has 1 atom stereocenters. The van der Waals surface area contributed by atoms with Crippen LogP contribution in [-0.2, 0) is 9.59 Å². The molecule has 0 aliphatic carbocycles. The van der Waals surface area contributed by atoms with Crippen LogP contribution in [0.5, 0.6) is 11.5 Å². The van der Waals surface area contributed by atoms with E-state index < -0.39 is 23.8 Å². The van der Waals surface area contributed by atoms with Gasteiger partial charge < -0.3 is 25.2 Å². The number of carboxylic acid groups (broad SMARTS) is 1. The molecule has 144 valence electrons. The number of nitrogens with one attached hydrogen (secondary N) is 2. The lowest BCUT2D eigenvalue weighted by atomic mass is 10.0. The van der Waals surface area contributed by atoms with Crippen LogP contribution in [0.3, 0.4) is 0 Å². The Morgan fingerprint density at radius 2 is 1.69 bits per heavy atom. The van der Waals surface area contributed by atoms with E-state index in [0.29, 0.717) is 29.0 Å². The second-order valence-corrected chi connectivity index (χ2v) is 6.29. The molecule has 0 saturated carbocycles. The molecule has 0 spiro atoms. The SMILES string of the molecule is COc1cc(C)c(C(=O)NCC(=O)N[C@@H](CC(C)C)C(=O)O)cc1OC. The van der Waals surface area contributed by atoms with E-state index in [0.717, 1.165) is 0 Å². The molecule has 0 fully saturated rings. The molecular formula is C18H26N2O6. The van der Waals surface area contributed by atoms with Crippen LogP contribution in [0, 0.1) is 12.8 Å². The van der Waals surface area contributed by atoms with Gasteiger partial charge in [-0.15, -0.1) is 0 Å². The normalized spacial score (nSPS) is 11.6. The summed E-state index contributed by atoms with van der Waals surface area (Å²) in [7, 11) is 2.96. The maximum Gasteiger partial charge on any atom is 0.326 e. The van der Waals surface area contributed by atoms with Gasteiger partial charge in [0.2, 0.25) is 5.91 Å². The number of benzene rings is 1. The highest BCUT2D eigenvalue weighted by Gasteiger charge is 2.21. The highest BCUT2D eigenvalue weighted by atomic mass is 16.5. The number of aliphatic carboxylic acids is 1. The Morgan fingerprint density at radius 3 is 2.19 bits per heavy atom. The molecule has 0 aliphatic rings. The first-order valence-electron chi connectivity index (χ1n) is 8.22. The van der Waals surface area contributed by atoms with E-state index in [1.807, 2.05) is 13.8 Å². The number of carboxylic acids is 1. The van der Waals surface area contributed by atoms with Crippen molar-refractivity contribution in [3.05, 3.63) is 23.3 Å². The van der Waals surface area contributed by atoms with E-state index in [1.165, 1.54) is 20.3 Å². The van der Waals surface area contributed by atoms with Crippen LogP contribution in [0.1, 0.15) is 36.2 Å². The van der Waals surface area contributed by atoms with Crippen LogP contribution in [0.15, 0.2) is 12.1 Å². The van der Waals surface area contributed by atoms with Crippen molar-refractivity contribution in [1.82, 2.24) is 10.6 Å². The second kappa shape index (κ2) is 9.65. The Labute approximate surface area is 152 Å². The molecule has 0 bridgehead atoms. The topological polar surface area (TPSA) is 114 Å². The lowest BCUT2D eigenvalue weighted by Gasteiger charge is -2.17. The number of amides is 2. The van der Waals surface area contributed by atoms with Gasteiger partial charge in [-0.3, -0.25) is 9.59 Å². The average Bonchev–Trinajstić information content (AvgIpc) is 2.58. The standard InChI is InChI=1S/C18H26N2O6/c1-10(2)6-13(18(23)24)20-16(21)9-19-17(22)12-8-15(26-5)14(25-4)7-11(12)3/h7-8,10,13H,6,9H2,1-5H3,(H,19,22)(H,20,21)(H,23,24)/t13-/m0/s1. The largest absolute Gasteiger partial charge is 0.493 e. The van der Waals surface area contributed by atoms with Crippen molar-refractivity contribution >= 4 is 17.8 Å². The molecule has 1 aromatic carbocycles. The summed E-state index contributed by atoms with van der Waals surface area (Å²) in [5.41, 5.74) is 0.996. The Kier molecular flexibility index (Phi) is 7.89. The molecule has 0 radical (unpaired) electrons. The minimum atomic E-state index is -1.10. The van der Waals surface area contributed by atoms with Crippen LogP contribution in [0.4, 0.5) is 0 Å². The van der Waals surface area contributed by atoms with Crippen LogP contribution in [0.2, 0.25) is 0 Å². The van der Waals surface area contributed by atoms with E-state index in [9.17, 15) is 14.4 Å². The molecule has 0 heterocycles. The first kappa shape index (κ1) is 21.3. The van der Waals surface area contributed by atoms with Crippen molar-refractivity contribution in [2.75, 3.05) is 20.8 Å². The van der Waals surface area contributed by atoms with Gasteiger partial charge in [-0.05, 0) is 37.0 Å². The monoisotopic (exact) mass is 366 g/mol. The van der Waals surface area contributed by atoms with E-state index in [4.69, 9.17) is 14.6 Å². The third-order valence-corrected chi connectivity index (χ3v) is 3.73. The minimum absolute atomic E-state index is 0.111. The number of hydrogen-bond acceptors (Lipinski definition) is 5. The minimum Gasteiger partial charge on any atom is -0.493 e. The maximum atomic E-state index is 12.3. The number of ether oxygens (including phenoxy) is 2. The molecular weight excluding hydrogens is 340 g/mol. The van der Waals surface area contributed by atoms with Crippen LogP contribution < -0.4 is 20.1 Å². The van der Waals surface area contributed by atoms with Gasteiger partial charge in [-0.1, -0.05) is 13.8 Å². The zero-order valence-electron chi connectivity index (χ0n) is 15.7. The van der Waals surface area contributed by atoms with Crippen LogP contribution >= 0.6 is 0 Å². The molecule has 0 aliphatic heterocycles. The van der Waals surface area contributed by atoms with Crippen LogP contribution in [-0.4, -0.2) is 49.7 Å². The number of rotatable bonds is 9. The summed E-state index contributed by atoms with van der Waals surface area (Å²) in [5, 5.41) is 14.0. The van der Waals surface area contributed by atoms with Gasteiger partial charge in [-0.25, -0.2) is 4.79 Å². The van der Waals surface area contributed by atoms with Gasteiger partial charge in [0.25, 0.3) is 5.91 Å². The maximum absolute atomic E-state index is 12.3. The molecule has 1 aromatic rings. The molecule has 0 aromatic heterocycles. The molecule has 2 amide bonds. The highest BCUT2D eigenvalue weighted by molar-refractivity contribution is 5.98. The molecule has 8 heteroatoms. The number of aryl methyl sites for hydroxylation is 1. The Hall–Kier alpha value is -2.77. The van der Waals surface area contributed by atoms with Crippen molar-refractivity contribution in [3.63, 3.8) is 0 Å². The predicted molar refractivity (Wildman–Crippen MR) is 95.6 cm³/mol. The van der Waals surface area contributed by atoms with Gasteiger partial charge >= 0.3 is 5.97 Å². The van der Waals surface area contributed by atoms with Gasteiger partial charge in [0.05, 0.1) is 20.8 Å². The summed E-state index contributed by atoms with van der Waals surface area (Å²) in [6.45, 7) is 5.14. The zero-order chi connectivity index (χ0) is 19.9. The number of methoxy groups -OCH3 is 2.